The van der Waals surface area contributed by atoms with Gasteiger partial charge in [0, 0.05) is 50.4 Å². The molecule has 1 atom stereocenters. The number of rotatable bonds is 5. The molecule has 1 aromatic heterocycles. The van der Waals surface area contributed by atoms with Crippen LogP contribution in [0.25, 0.3) is 0 Å². The van der Waals surface area contributed by atoms with Crippen molar-refractivity contribution in [2.24, 2.45) is 4.99 Å². The zero-order valence-corrected chi connectivity index (χ0v) is 16.2. The molecule has 8 heteroatoms. The summed E-state index contributed by atoms with van der Waals surface area (Å²) in [6, 6.07) is 12.8. The van der Waals surface area contributed by atoms with Gasteiger partial charge in [0.25, 0.3) is 5.91 Å². The molecule has 1 aromatic carbocycles. The van der Waals surface area contributed by atoms with Gasteiger partial charge in [-0.15, -0.1) is 0 Å². The third kappa shape index (κ3) is 4.97. The molecule has 0 spiro atoms. The maximum Gasteiger partial charge on any atom is 0.289 e. The first-order chi connectivity index (χ1) is 13.2. The van der Waals surface area contributed by atoms with Crippen LogP contribution in [0.4, 0.5) is 0 Å². The lowest BCUT2D eigenvalue weighted by molar-refractivity contribution is 0.0658. The van der Waals surface area contributed by atoms with E-state index in [2.05, 4.69) is 15.2 Å². The molecule has 144 valence electrons. The smallest absolute Gasteiger partial charge is 0.289 e. The number of hydrogen-bond donors (Lipinski definition) is 1. The second kappa shape index (κ2) is 9.36. The van der Waals surface area contributed by atoms with Crippen molar-refractivity contribution in [2.75, 3.05) is 45.5 Å². The van der Waals surface area contributed by atoms with Gasteiger partial charge in [0.2, 0.25) is 0 Å². The van der Waals surface area contributed by atoms with Crippen molar-refractivity contribution in [3.63, 3.8) is 0 Å². The van der Waals surface area contributed by atoms with Gasteiger partial charge < -0.3 is 19.5 Å². The fourth-order valence-corrected chi connectivity index (χ4v) is 3.94. The average molecular weight is 388 g/mol. The van der Waals surface area contributed by atoms with Crippen LogP contribution in [0.5, 0.6) is 0 Å². The average Bonchev–Trinajstić information content (AvgIpc) is 3.26. The van der Waals surface area contributed by atoms with Gasteiger partial charge in [0.15, 0.2) is 11.7 Å². The Morgan fingerprint density at radius 2 is 1.81 bits per heavy atom. The minimum atomic E-state index is -1.04. The van der Waals surface area contributed by atoms with Gasteiger partial charge in [0.05, 0.1) is 17.1 Å². The van der Waals surface area contributed by atoms with Crippen molar-refractivity contribution >= 4 is 22.7 Å². The summed E-state index contributed by atoms with van der Waals surface area (Å²) in [4.78, 5) is 21.4. The SMILES string of the molecule is CN=C(NCCS(=O)c1ccccc1)N1CCN(C(=O)c2ccco2)CC1. The Morgan fingerprint density at radius 1 is 1.11 bits per heavy atom. The van der Waals surface area contributed by atoms with Crippen LogP contribution in [-0.2, 0) is 10.8 Å². The molecule has 1 fully saturated rings. The van der Waals surface area contributed by atoms with E-state index in [4.69, 9.17) is 4.42 Å². The highest BCUT2D eigenvalue weighted by atomic mass is 32.2. The van der Waals surface area contributed by atoms with Gasteiger partial charge in [-0.1, -0.05) is 18.2 Å². The zero-order valence-electron chi connectivity index (χ0n) is 15.3. The van der Waals surface area contributed by atoms with Crippen molar-refractivity contribution in [1.82, 2.24) is 15.1 Å². The predicted octanol–water partition coefficient (Wildman–Crippen LogP) is 1.42. The summed E-state index contributed by atoms with van der Waals surface area (Å²) < 4.78 is 17.5. The van der Waals surface area contributed by atoms with Gasteiger partial charge in [-0.3, -0.25) is 14.0 Å². The minimum absolute atomic E-state index is 0.0825. The Balaban J connectivity index is 1.45. The molecule has 2 aromatic rings. The van der Waals surface area contributed by atoms with Crippen LogP contribution in [0.3, 0.4) is 0 Å². The third-order valence-electron chi connectivity index (χ3n) is 4.39. The molecule has 0 aliphatic carbocycles. The minimum Gasteiger partial charge on any atom is -0.459 e. The molecular weight excluding hydrogens is 364 g/mol. The maximum absolute atomic E-state index is 12.3. The van der Waals surface area contributed by atoms with Crippen LogP contribution in [0.15, 0.2) is 63.0 Å². The van der Waals surface area contributed by atoms with Crippen molar-refractivity contribution in [3.8, 4) is 0 Å². The van der Waals surface area contributed by atoms with E-state index in [1.165, 1.54) is 6.26 Å². The summed E-state index contributed by atoms with van der Waals surface area (Å²) in [5, 5.41) is 3.27. The molecule has 3 rings (SSSR count). The van der Waals surface area contributed by atoms with Gasteiger partial charge in [-0.25, -0.2) is 0 Å². The van der Waals surface area contributed by atoms with Gasteiger partial charge in [0.1, 0.15) is 0 Å². The molecule has 1 amide bonds. The van der Waals surface area contributed by atoms with E-state index in [-0.39, 0.29) is 5.91 Å². The lowest BCUT2D eigenvalue weighted by atomic mass is 10.3. The molecule has 1 aliphatic rings. The van der Waals surface area contributed by atoms with Crippen molar-refractivity contribution in [1.29, 1.82) is 0 Å². The second-order valence-corrected chi connectivity index (χ2v) is 7.66. The largest absolute Gasteiger partial charge is 0.459 e. The standard InChI is InChI=1S/C19H24N4O3S/c1-20-19(21-9-15-27(25)16-6-3-2-4-7-16)23-12-10-22(11-13-23)18(24)17-8-5-14-26-17/h2-8,14H,9-13,15H2,1H3,(H,20,21). The molecule has 2 heterocycles. The first-order valence-corrected chi connectivity index (χ1v) is 10.2. The number of nitrogens with zero attached hydrogens (tertiary/aromatic N) is 3. The fraction of sp³-hybridized carbons (Fsp3) is 0.368. The molecule has 27 heavy (non-hydrogen) atoms. The van der Waals surface area contributed by atoms with Gasteiger partial charge in [-0.2, -0.15) is 0 Å². The van der Waals surface area contributed by atoms with E-state index in [1.807, 2.05) is 30.3 Å². The molecule has 0 saturated carbocycles. The summed E-state index contributed by atoms with van der Waals surface area (Å²) in [5.41, 5.74) is 0. The van der Waals surface area contributed by atoms with Crippen LogP contribution in [0, 0.1) is 0 Å². The number of amides is 1. The maximum atomic E-state index is 12.3. The Labute approximate surface area is 161 Å². The normalized spacial score (nSPS) is 16.3. The molecule has 1 aliphatic heterocycles. The number of benzene rings is 1. The molecule has 1 saturated heterocycles. The highest BCUT2D eigenvalue weighted by Crippen LogP contribution is 2.10. The van der Waals surface area contributed by atoms with E-state index in [0.717, 1.165) is 10.9 Å². The molecule has 0 radical (unpaired) electrons. The second-order valence-electron chi connectivity index (χ2n) is 6.09. The molecule has 7 nitrogen and oxygen atoms in total. The van der Waals surface area contributed by atoms with E-state index in [1.54, 1.807) is 24.1 Å². The lowest BCUT2D eigenvalue weighted by Gasteiger charge is -2.36. The highest BCUT2D eigenvalue weighted by molar-refractivity contribution is 7.85. The van der Waals surface area contributed by atoms with Crippen LogP contribution in [0.1, 0.15) is 10.6 Å². The first-order valence-electron chi connectivity index (χ1n) is 8.91. The van der Waals surface area contributed by atoms with Gasteiger partial charge >= 0.3 is 0 Å². The van der Waals surface area contributed by atoms with Crippen LogP contribution in [0.2, 0.25) is 0 Å². The number of nitrogens with one attached hydrogen (secondary N) is 1. The quantitative estimate of drug-likeness (QED) is 0.619. The van der Waals surface area contributed by atoms with Crippen molar-refractivity contribution in [2.45, 2.75) is 4.90 Å². The lowest BCUT2D eigenvalue weighted by Crippen LogP contribution is -2.54. The fourth-order valence-electron chi connectivity index (χ4n) is 2.96. The Morgan fingerprint density at radius 3 is 2.44 bits per heavy atom. The number of aliphatic imine (C=N–C) groups is 1. The zero-order chi connectivity index (χ0) is 19.1. The van der Waals surface area contributed by atoms with E-state index in [0.29, 0.717) is 44.2 Å². The number of guanidine groups is 1. The molecular formula is C19H24N4O3S. The Bertz CT molecular complexity index is 785. The number of carbonyl (C=O) groups is 1. The molecule has 1 N–H and O–H groups in total. The summed E-state index contributed by atoms with van der Waals surface area (Å²) in [6.45, 7) is 3.16. The first kappa shape index (κ1) is 19.2. The summed E-state index contributed by atoms with van der Waals surface area (Å²) in [6.07, 6.45) is 1.51. The predicted molar refractivity (Wildman–Crippen MR) is 105 cm³/mol. The Hall–Kier alpha value is -2.61. The Kier molecular flexibility index (Phi) is 6.64. The van der Waals surface area contributed by atoms with Crippen LogP contribution in [-0.4, -0.2) is 71.4 Å². The van der Waals surface area contributed by atoms with Crippen molar-refractivity contribution < 1.29 is 13.4 Å². The van der Waals surface area contributed by atoms with Gasteiger partial charge in [-0.05, 0) is 24.3 Å². The number of hydrogen-bond acceptors (Lipinski definition) is 4. The monoisotopic (exact) mass is 388 g/mol. The number of carbonyl (C=O) groups excluding carboxylic acids is 1. The summed E-state index contributed by atoms with van der Waals surface area (Å²) >= 11 is 0. The van der Waals surface area contributed by atoms with E-state index < -0.39 is 10.8 Å². The van der Waals surface area contributed by atoms with Crippen LogP contribution < -0.4 is 5.32 Å². The van der Waals surface area contributed by atoms with Crippen molar-refractivity contribution in [3.05, 3.63) is 54.5 Å². The topological polar surface area (TPSA) is 78.2 Å². The number of furan rings is 1. The number of piperazine rings is 1. The van der Waals surface area contributed by atoms with E-state index >= 15 is 0 Å². The summed E-state index contributed by atoms with van der Waals surface area (Å²) in [7, 11) is 0.698. The third-order valence-corrected chi connectivity index (χ3v) is 5.76. The van der Waals surface area contributed by atoms with E-state index in [9.17, 15) is 9.00 Å². The molecule has 0 bridgehead atoms. The van der Waals surface area contributed by atoms with Crippen LogP contribution >= 0.6 is 0 Å². The molecule has 1 unspecified atom stereocenters. The summed E-state index contributed by atoms with van der Waals surface area (Å²) in [5.74, 6) is 1.57. The highest BCUT2D eigenvalue weighted by Gasteiger charge is 2.25.